The average molecular weight is 289 g/mol. The molecule has 0 aliphatic rings. The Morgan fingerprint density at radius 3 is 1.00 bits per heavy atom. The van der Waals surface area contributed by atoms with E-state index in [0.717, 1.165) is 0 Å². The van der Waals surface area contributed by atoms with Gasteiger partial charge in [-0.05, 0) is 0 Å². The van der Waals surface area contributed by atoms with Gasteiger partial charge in [-0.25, -0.2) is 0 Å². The van der Waals surface area contributed by atoms with Crippen LogP contribution in [-0.2, 0) is 83.3 Å². The van der Waals surface area contributed by atoms with Gasteiger partial charge in [0.25, 0.3) is 0 Å². The summed E-state index contributed by atoms with van der Waals surface area (Å²) >= 11 is 0. The molecule has 34 valence electrons. The van der Waals surface area contributed by atoms with Gasteiger partial charge in [0.05, 0.1) is 0 Å². The van der Waals surface area contributed by atoms with Gasteiger partial charge in [0.1, 0.15) is 0 Å². The summed E-state index contributed by atoms with van der Waals surface area (Å²) in [4.78, 5) is 0. The summed E-state index contributed by atoms with van der Waals surface area (Å²) in [5, 5.41) is 0. The number of hydrogen-bond acceptors (Lipinski definition) is 0. The molecule has 0 N–H and O–H groups in total. The van der Waals surface area contributed by atoms with Crippen molar-refractivity contribution in [2.24, 2.45) is 0 Å². The molecule has 0 atom stereocenters. The van der Waals surface area contributed by atoms with Crippen LogP contribution in [0.1, 0.15) is 0 Å². The predicted octanol–water partition coefficient (Wildman–Crippen LogP) is -1.19. The third-order valence-corrected chi connectivity index (χ3v) is 0. The number of hydrogen-bond donors (Lipinski definition) is 0. The molecule has 0 heterocycles. The molecule has 0 spiro atoms. The van der Waals surface area contributed by atoms with Crippen LogP contribution in [0.5, 0.6) is 0 Å². The quantitative estimate of drug-likeness (QED) is 0.492. The van der Waals surface area contributed by atoms with Crippen molar-refractivity contribution >= 4 is 17.4 Å². The third kappa shape index (κ3) is 19.1. The van der Waals surface area contributed by atoms with Crippen LogP contribution in [0.4, 0.5) is 0 Å². The van der Waals surface area contributed by atoms with Gasteiger partial charge in [0.2, 0.25) is 0 Å². The summed E-state index contributed by atoms with van der Waals surface area (Å²) in [7, 11) is 0. The Bertz CT molecular complexity index is 11.6. The second-order valence-electron chi connectivity index (χ2n) is 0. The van der Waals surface area contributed by atoms with Gasteiger partial charge < -0.3 is 0 Å². The van der Waals surface area contributed by atoms with E-state index in [0.29, 0.717) is 0 Å². The Hall–Kier alpha value is 3.17. The van der Waals surface area contributed by atoms with Crippen molar-refractivity contribution in [3.8, 4) is 0 Å². The Labute approximate surface area is 98.9 Å². The first-order chi connectivity index (χ1) is 0. The summed E-state index contributed by atoms with van der Waals surface area (Å²) in [6, 6.07) is 0. The summed E-state index contributed by atoms with van der Waals surface area (Å²) in [5.74, 6) is 0. The fourth-order valence-corrected chi connectivity index (χ4v) is 0. The first-order valence-corrected chi connectivity index (χ1v) is 0. The van der Waals surface area contributed by atoms with E-state index in [2.05, 4.69) is 0 Å². The van der Waals surface area contributed by atoms with Crippen molar-refractivity contribution in [1.82, 2.24) is 0 Å². The van der Waals surface area contributed by atoms with Crippen molar-refractivity contribution in [2.45, 2.75) is 0 Å². The van der Waals surface area contributed by atoms with Gasteiger partial charge in [-0.3, -0.25) is 0 Å². The Morgan fingerprint density at radius 2 is 1.00 bits per heavy atom. The molecule has 0 aliphatic heterocycles. The summed E-state index contributed by atoms with van der Waals surface area (Å²) < 4.78 is 0. The van der Waals surface area contributed by atoms with Gasteiger partial charge in [0.15, 0.2) is 17.4 Å². The van der Waals surface area contributed by atoms with E-state index in [4.69, 9.17) is 0 Å². The molecule has 0 aromatic heterocycles. The maximum Gasteiger partial charge on any atom is 0.187 e. The maximum absolute atomic E-state index is 0. The topological polar surface area (TPSA) is 0 Å². The van der Waals surface area contributed by atoms with Crippen molar-refractivity contribution < 1.29 is 83.3 Å². The van der Waals surface area contributed by atoms with Gasteiger partial charge in [-0.2, -0.15) is 0 Å². The summed E-state index contributed by atoms with van der Waals surface area (Å²) in [6.07, 6.45) is 0. The zero-order chi connectivity index (χ0) is 0. The molecule has 0 saturated heterocycles. The number of rotatable bonds is 0. The Kier molecular flexibility index (Phi) is 227. The molecule has 5 heteroatoms. The van der Waals surface area contributed by atoms with Crippen LogP contribution in [0, 0.1) is 0 Å². The molecular formula is H3AlCoCrNiY. The molecule has 0 rings (SSSR count). The Morgan fingerprint density at radius 1 is 1.00 bits per heavy atom. The fraction of sp³-hybridized carbons (Fsp3) is 0. The van der Waals surface area contributed by atoms with E-state index in [1.165, 1.54) is 0 Å². The first-order valence-electron chi connectivity index (χ1n) is 0. The van der Waals surface area contributed by atoms with E-state index in [-0.39, 0.29) is 101 Å². The SMILES string of the molecule is [AlH3].[Co].[Cr].[Ni].[Y]. The van der Waals surface area contributed by atoms with Crippen LogP contribution in [0.3, 0.4) is 0 Å². The van der Waals surface area contributed by atoms with Crippen LogP contribution in [-0.4, -0.2) is 17.4 Å². The standard InChI is InChI=1S/Al.Co.Cr.Ni.Y.3H. The van der Waals surface area contributed by atoms with Crippen LogP contribution in [0.25, 0.3) is 0 Å². The molecule has 0 unspecified atom stereocenters. The van der Waals surface area contributed by atoms with E-state index in [9.17, 15) is 0 Å². The molecule has 5 heavy (non-hydrogen) atoms. The molecule has 0 bridgehead atoms. The molecule has 0 fully saturated rings. The van der Waals surface area contributed by atoms with Crippen molar-refractivity contribution in [3.63, 3.8) is 0 Å². The van der Waals surface area contributed by atoms with Crippen LogP contribution < -0.4 is 0 Å². The van der Waals surface area contributed by atoms with Gasteiger partial charge in [-0.15, -0.1) is 0 Å². The summed E-state index contributed by atoms with van der Waals surface area (Å²) in [6.45, 7) is 0. The Balaban J connectivity index is 0. The zero-order valence-corrected chi connectivity index (χ0v) is 7.78. The first kappa shape index (κ1) is 41.8. The largest absolute Gasteiger partial charge is 0.187 e. The normalized spacial score (nSPS) is 0. The third-order valence-electron chi connectivity index (χ3n) is 0. The smallest absolute Gasteiger partial charge is 0 e. The molecule has 0 nitrogen and oxygen atoms in total. The predicted molar refractivity (Wildman–Crippen MR) is 9.94 cm³/mol. The minimum absolute atomic E-state index is 0. The van der Waals surface area contributed by atoms with Gasteiger partial charge in [0, 0.05) is 83.3 Å². The molecule has 0 aromatic rings. The van der Waals surface area contributed by atoms with Crippen LogP contribution in [0.15, 0.2) is 0 Å². The molecule has 0 aromatic carbocycles. The van der Waals surface area contributed by atoms with E-state index < -0.39 is 0 Å². The summed E-state index contributed by atoms with van der Waals surface area (Å²) in [5.41, 5.74) is 0. The molecule has 0 amide bonds. The van der Waals surface area contributed by atoms with E-state index >= 15 is 0 Å². The average Bonchev–Trinajstić information content (AvgIpc) is 0. The minimum Gasteiger partial charge on any atom is 0 e. The van der Waals surface area contributed by atoms with E-state index in [1.54, 1.807) is 0 Å². The van der Waals surface area contributed by atoms with Gasteiger partial charge in [-0.1, -0.05) is 0 Å². The van der Waals surface area contributed by atoms with E-state index in [1.807, 2.05) is 0 Å². The van der Waals surface area contributed by atoms with Crippen molar-refractivity contribution in [2.75, 3.05) is 0 Å². The second kappa shape index (κ2) is 27.2. The zero-order valence-electron chi connectivity index (χ0n) is 1.64. The van der Waals surface area contributed by atoms with Crippen LogP contribution >= 0.6 is 0 Å². The van der Waals surface area contributed by atoms with Crippen molar-refractivity contribution in [1.29, 1.82) is 0 Å². The van der Waals surface area contributed by atoms with Crippen LogP contribution in [0.2, 0.25) is 0 Å². The van der Waals surface area contributed by atoms with Gasteiger partial charge >= 0.3 is 0 Å². The minimum atomic E-state index is 0. The fourth-order valence-electron chi connectivity index (χ4n) is 0. The van der Waals surface area contributed by atoms with Crippen molar-refractivity contribution in [3.05, 3.63) is 0 Å². The second-order valence-corrected chi connectivity index (χ2v) is 0. The monoisotopic (exact) mass is 288 g/mol. The molecular weight excluding hydrogens is 286 g/mol. The molecule has 0 aliphatic carbocycles. The molecule has 2 radical (unpaired) electrons. The maximum atomic E-state index is 0. The molecule has 0 saturated carbocycles.